The molecule has 0 spiro atoms. The fraction of sp³-hybridized carbons (Fsp3) is 0.400. The zero-order chi connectivity index (χ0) is 11.6. The summed E-state index contributed by atoms with van der Waals surface area (Å²) in [6, 6.07) is 3.05. The third-order valence-corrected chi connectivity index (χ3v) is 2.29. The third kappa shape index (κ3) is 2.29. The van der Waals surface area contributed by atoms with Gasteiger partial charge in [-0.1, -0.05) is 0 Å². The van der Waals surface area contributed by atoms with Crippen LogP contribution in [0.3, 0.4) is 0 Å². The van der Waals surface area contributed by atoms with Gasteiger partial charge in [-0.15, -0.1) is 0 Å². The molecular weight excluding hydrogens is 212 g/mol. The van der Waals surface area contributed by atoms with Gasteiger partial charge in [0.25, 0.3) is 5.91 Å². The summed E-state index contributed by atoms with van der Waals surface area (Å²) in [7, 11) is 0. The molecule has 0 aliphatic carbocycles. The van der Waals surface area contributed by atoms with Crippen LogP contribution in [0.4, 0.5) is 0 Å². The van der Waals surface area contributed by atoms with E-state index >= 15 is 0 Å². The fourth-order valence-corrected chi connectivity index (χ4v) is 1.43. The zero-order valence-electron chi connectivity index (χ0n) is 8.56. The van der Waals surface area contributed by atoms with E-state index in [0.29, 0.717) is 13.2 Å². The Morgan fingerprint density at radius 3 is 2.75 bits per heavy atom. The summed E-state index contributed by atoms with van der Waals surface area (Å²) >= 11 is 0. The van der Waals surface area contributed by atoms with Gasteiger partial charge in [0.2, 0.25) is 5.91 Å². The van der Waals surface area contributed by atoms with E-state index in [1.807, 2.05) is 0 Å². The van der Waals surface area contributed by atoms with Crippen molar-refractivity contribution >= 4 is 11.8 Å². The molecule has 2 amide bonds. The van der Waals surface area contributed by atoms with Crippen LogP contribution in [0.1, 0.15) is 17.0 Å². The molecule has 86 valence electrons. The van der Waals surface area contributed by atoms with Gasteiger partial charge >= 0.3 is 0 Å². The minimum atomic E-state index is -0.631. The molecule has 3 N–H and O–H groups in total. The largest absolute Gasteiger partial charge is 0.459 e. The highest BCUT2D eigenvalue weighted by Crippen LogP contribution is 2.17. The van der Waals surface area contributed by atoms with E-state index in [2.05, 4.69) is 5.32 Å². The van der Waals surface area contributed by atoms with E-state index in [4.69, 9.17) is 14.9 Å². The summed E-state index contributed by atoms with van der Waals surface area (Å²) in [4.78, 5) is 22.9. The second-order valence-electron chi connectivity index (χ2n) is 3.89. The van der Waals surface area contributed by atoms with Crippen LogP contribution in [-0.2, 0) is 9.53 Å². The Balaban J connectivity index is 1.85. The van der Waals surface area contributed by atoms with Crippen LogP contribution < -0.4 is 11.1 Å². The molecule has 0 unspecified atom stereocenters. The predicted molar refractivity (Wildman–Crippen MR) is 53.5 cm³/mol. The highest BCUT2D eigenvalue weighted by molar-refractivity contribution is 6.03. The van der Waals surface area contributed by atoms with E-state index in [1.54, 1.807) is 6.07 Å². The highest BCUT2D eigenvalue weighted by atomic mass is 16.5. The molecule has 1 aliphatic rings. The maximum atomic E-state index is 11.4. The van der Waals surface area contributed by atoms with E-state index in [0.717, 1.165) is 0 Å². The molecule has 1 aliphatic heterocycles. The summed E-state index contributed by atoms with van der Waals surface area (Å²) in [5.41, 5.74) is 5.15. The van der Waals surface area contributed by atoms with Crippen molar-refractivity contribution in [3.8, 4) is 0 Å². The Morgan fingerprint density at radius 2 is 2.25 bits per heavy atom. The van der Waals surface area contributed by atoms with Gasteiger partial charge in [0.15, 0.2) is 5.76 Å². The van der Waals surface area contributed by atoms with Gasteiger partial charge in [-0.05, 0) is 12.1 Å². The second kappa shape index (κ2) is 4.07. The highest BCUT2D eigenvalue weighted by Gasteiger charge is 2.36. The number of nitrogens with two attached hydrogens (primary N) is 1. The molecule has 1 aromatic heterocycles. The number of carbonyl (C=O) groups excluding carboxylic acids is 2. The van der Waals surface area contributed by atoms with Gasteiger partial charge in [-0.3, -0.25) is 14.9 Å². The fourth-order valence-electron chi connectivity index (χ4n) is 1.43. The summed E-state index contributed by atoms with van der Waals surface area (Å²) in [6.07, 6.45) is 1.43. The van der Waals surface area contributed by atoms with Crippen molar-refractivity contribution in [2.75, 3.05) is 13.2 Å². The molecule has 6 nitrogen and oxygen atoms in total. The smallest absolute Gasteiger partial charge is 0.293 e. The second-order valence-corrected chi connectivity index (χ2v) is 3.89. The van der Waals surface area contributed by atoms with Gasteiger partial charge in [0.05, 0.1) is 25.0 Å². The number of ether oxygens (including phenoxy) is 1. The van der Waals surface area contributed by atoms with E-state index in [9.17, 15) is 9.59 Å². The average molecular weight is 224 g/mol. The Kier molecular flexibility index (Phi) is 2.76. The number of carbonyl (C=O) groups is 2. The predicted octanol–water partition coefficient (Wildman–Crippen LogP) is -0.346. The monoisotopic (exact) mass is 224 g/mol. The molecule has 0 atom stereocenters. The molecule has 1 aromatic rings. The number of nitrogens with one attached hydrogen (secondary N) is 1. The minimum absolute atomic E-state index is 0.0689. The lowest BCUT2D eigenvalue weighted by Gasteiger charge is -2.36. The third-order valence-electron chi connectivity index (χ3n) is 2.29. The quantitative estimate of drug-likeness (QED) is 0.732. The number of imide groups is 1. The van der Waals surface area contributed by atoms with Crippen molar-refractivity contribution < 1.29 is 18.7 Å². The first-order valence-corrected chi connectivity index (χ1v) is 4.83. The number of hydrogen-bond acceptors (Lipinski definition) is 5. The topological polar surface area (TPSA) is 94.6 Å². The average Bonchev–Trinajstić information content (AvgIpc) is 2.67. The standard InChI is InChI=1S/C10H12N2O4/c11-10(5-15-6-10)4-8(13)12-9(14)7-2-1-3-16-7/h1-3H,4-6,11H2,(H,12,13,14). The normalized spacial score (nSPS) is 17.6. The number of rotatable bonds is 3. The molecule has 0 radical (unpaired) electrons. The molecule has 0 saturated carbocycles. The van der Waals surface area contributed by atoms with E-state index < -0.39 is 17.4 Å². The van der Waals surface area contributed by atoms with Crippen LogP contribution in [0.5, 0.6) is 0 Å². The molecule has 1 fully saturated rings. The Hall–Kier alpha value is -1.66. The van der Waals surface area contributed by atoms with Crippen LogP contribution in [0, 0.1) is 0 Å². The lowest BCUT2D eigenvalue weighted by atomic mass is 9.94. The number of amides is 2. The lowest BCUT2D eigenvalue weighted by Crippen LogP contribution is -2.59. The van der Waals surface area contributed by atoms with E-state index in [-0.39, 0.29) is 12.2 Å². The van der Waals surface area contributed by atoms with Crippen molar-refractivity contribution in [1.29, 1.82) is 0 Å². The molecular formula is C10H12N2O4. The number of hydrogen-bond donors (Lipinski definition) is 2. The van der Waals surface area contributed by atoms with Gasteiger partial charge in [0.1, 0.15) is 0 Å². The van der Waals surface area contributed by atoms with Crippen molar-refractivity contribution in [3.63, 3.8) is 0 Å². The van der Waals surface area contributed by atoms with Crippen molar-refractivity contribution in [1.82, 2.24) is 5.32 Å². The van der Waals surface area contributed by atoms with Gasteiger partial charge in [0, 0.05) is 6.42 Å². The molecule has 1 saturated heterocycles. The maximum Gasteiger partial charge on any atom is 0.293 e. The van der Waals surface area contributed by atoms with E-state index in [1.165, 1.54) is 12.3 Å². The van der Waals surface area contributed by atoms with Crippen molar-refractivity contribution in [2.45, 2.75) is 12.0 Å². The first-order chi connectivity index (χ1) is 7.59. The molecule has 0 aromatic carbocycles. The molecule has 6 heteroatoms. The lowest BCUT2D eigenvalue weighted by molar-refractivity contribution is -0.127. The van der Waals surface area contributed by atoms with Crippen LogP contribution >= 0.6 is 0 Å². The van der Waals surface area contributed by atoms with Crippen molar-refractivity contribution in [3.05, 3.63) is 24.2 Å². The van der Waals surface area contributed by atoms with Gasteiger partial charge in [-0.25, -0.2) is 0 Å². The van der Waals surface area contributed by atoms with Gasteiger partial charge in [-0.2, -0.15) is 0 Å². The van der Waals surface area contributed by atoms with Crippen molar-refractivity contribution in [2.24, 2.45) is 5.73 Å². The number of furan rings is 1. The molecule has 2 heterocycles. The summed E-state index contributed by atoms with van der Waals surface area (Å²) in [5.74, 6) is -0.879. The van der Waals surface area contributed by atoms with Gasteiger partial charge < -0.3 is 14.9 Å². The zero-order valence-corrected chi connectivity index (χ0v) is 8.56. The Morgan fingerprint density at radius 1 is 1.50 bits per heavy atom. The van der Waals surface area contributed by atoms with Crippen LogP contribution in [-0.4, -0.2) is 30.6 Å². The first-order valence-electron chi connectivity index (χ1n) is 4.83. The van der Waals surface area contributed by atoms with Crippen LogP contribution in [0.15, 0.2) is 22.8 Å². The van der Waals surface area contributed by atoms with Crippen LogP contribution in [0.2, 0.25) is 0 Å². The summed E-state index contributed by atoms with van der Waals surface area (Å²) in [5, 5.41) is 2.20. The molecule has 0 bridgehead atoms. The minimum Gasteiger partial charge on any atom is -0.459 e. The Bertz CT molecular complexity index is 395. The first kappa shape index (κ1) is 10.8. The summed E-state index contributed by atoms with van der Waals surface area (Å²) < 4.78 is 9.75. The molecule has 2 rings (SSSR count). The maximum absolute atomic E-state index is 11.4. The summed E-state index contributed by atoms with van der Waals surface area (Å²) in [6.45, 7) is 0.685. The SMILES string of the molecule is NC1(CC(=O)NC(=O)c2ccco2)COC1. The Labute approximate surface area is 91.7 Å². The van der Waals surface area contributed by atoms with Crippen LogP contribution in [0.25, 0.3) is 0 Å². The molecule has 16 heavy (non-hydrogen) atoms.